The van der Waals surface area contributed by atoms with E-state index in [4.69, 9.17) is 0 Å². The molecule has 0 spiro atoms. The Bertz CT molecular complexity index is 386. The van der Waals surface area contributed by atoms with E-state index in [9.17, 15) is 0 Å². The first-order valence-corrected chi connectivity index (χ1v) is 7.89. The van der Waals surface area contributed by atoms with Crippen molar-refractivity contribution < 1.29 is 0 Å². The lowest BCUT2D eigenvalue weighted by atomic mass is 10.0. The summed E-state index contributed by atoms with van der Waals surface area (Å²) in [4.78, 5) is 2.70. The van der Waals surface area contributed by atoms with E-state index < -0.39 is 0 Å². The Hall–Kier alpha value is -0.860. The van der Waals surface area contributed by atoms with Crippen molar-refractivity contribution in [3.8, 4) is 0 Å². The van der Waals surface area contributed by atoms with Crippen LogP contribution in [0.25, 0.3) is 0 Å². The molecular formula is C17H26N2. The molecule has 2 heteroatoms. The summed E-state index contributed by atoms with van der Waals surface area (Å²) < 4.78 is 0. The van der Waals surface area contributed by atoms with E-state index in [1.165, 1.54) is 50.9 Å². The van der Waals surface area contributed by atoms with E-state index in [0.717, 1.165) is 12.0 Å². The highest BCUT2D eigenvalue weighted by Crippen LogP contribution is 2.31. The lowest BCUT2D eigenvalue weighted by molar-refractivity contribution is 0.309. The monoisotopic (exact) mass is 258 g/mol. The second-order valence-electron chi connectivity index (χ2n) is 6.16. The Balaban J connectivity index is 1.48. The lowest BCUT2D eigenvalue weighted by Gasteiger charge is -2.20. The van der Waals surface area contributed by atoms with Gasteiger partial charge in [0.25, 0.3) is 0 Å². The molecule has 3 rings (SSSR count). The van der Waals surface area contributed by atoms with Crippen LogP contribution in [0.4, 0.5) is 0 Å². The predicted octanol–water partition coefficient (Wildman–Crippen LogP) is 3.21. The molecule has 2 unspecified atom stereocenters. The molecule has 1 N–H and O–H groups in total. The van der Waals surface area contributed by atoms with E-state index in [2.05, 4.69) is 47.5 Å². The maximum atomic E-state index is 3.78. The van der Waals surface area contributed by atoms with Crippen LogP contribution in [0.2, 0.25) is 0 Å². The average molecular weight is 258 g/mol. The van der Waals surface area contributed by atoms with Crippen LogP contribution < -0.4 is 5.32 Å². The second kappa shape index (κ2) is 6.06. The Morgan fingerprint density at radius 1 is 1.21 bits per heavy atom. The van der Waals surface area contributed by atoms with Crippen LogP contribution >= 0.6 is 0 Å². The number of nitrogens with one attached hydrogen (secondary N) is 1. The van der Waals surface area contributed by atoms with Gasteiger partial charge in [-0.15, -0.1) is 0 Å². The fourth-order valence-electron chi connectivity index (χ4n) is 3.29. The molecule has 1 aliphatic heterocycles. The van der Waals surface area contributed by atoms with Gasteiger partial charge < -0.3 is 10.2 Å². The number of likely N-dealkylation sites (tertiary alicyclic amines) is 1. The SMILES string of the molecule is CCC(NCC1CCN(C2CC2)C1)c1ccccc1. The highest BCUT2D eigenvalue weighted by Gasteiger charge is 2.34. The maximum Gasteiger partial charge on any atom is 0.0317 e. The van der Waals surface area contributed by atoms with Gasteiger partial charge in [-0.3, -0.25) is 0 Å². The van der Waals surface area contributed by atoms with Crippen molar-refractivity contribution in [2.75, 3.05) is 19.6 Å². The van der Waals surface area contributed by atoms with Gasteiger partial charge in [0.1, 0.15) is 0 Å². The van der Waals surface area contributed by atoms with Crippen molar-refractivity contribution >= 4 is 0 Å². The minimum atomic E-state index is 0.524. The van der Waals surface area contributed by atoms with E-state index in [1.54, 1.807) is 0 Å². The molecule has 2 aliphatic rings. The number of hydrogen-bond donors (Lipinski definition) is 1. The Morgan fingerprint density at radius 2 is 2.00 bits per heavy atom. The zero-order valence-electron chi connectivity index (χ0n) is 12.0. The van der Waals surface area contributed by atoms with Crippen molar-refractivity contribution in [2.24, 2.45) is 5.92 Å². The molecular weight excluding hydrogens is 232 g/mol. The molecule has 1 aliphatic carbocycles. The molecule has 1 saturated heterocycles. The minimum Gasteiger partial charge on any atom is -0.310 e. The minimum absolute atomic E-state index is 0.524. The number of hydrogen-bond acceptors (Lipinski definition) is 2. The van der Waals surface area contributed by atoms with Gasteiger partial charge in [0.2, 0.25) is 0 Å². The van der Waals surface area contributed by atoms with Crippen LogP contribution in [-0.2, 0) is 0 Å². The van der Waals surface area contributed by atoms with E-state index in [0.29, 0.717) is 6.04 Å². The largest absolute Gasteiger partial charge is 0.310 e. The molecule has 1 heterocycles. The molecule has 2 fully saturated rings. The van der Waals surface area contributed by atoms with Gasteiger partial charge in [-0.1, -0.05) is 37.3 Å². The lowest BCUT2D eigenvalue weighted by Crippen LogP contribution is -2.30. The smallest absolute Gasteiger partial charge is 0.0317 e. The molecule has 0 aromatic heterocycles. The van der Waals surface area contributed by atoms with E-state index in [1.807, 2.05) is 0 Å². The quantitative estimate of drug-likeness (QED) is 0.843. The van der Waals surface area contributed by atoms with Crippen LogP contribution in [0.15, 0.2) is 30.3 Å². The molecule has 1 aromatic carbocycles. The Labute approximate surface area is 117 Å². The molecule has 0 amide bonds. The first-order valence-electron chi connectivity index (χ1n) is 7.89. The van der Waals surface area contributed by atoms with Gasteiger partial charge in [-0.25, -0.2) is 0 Å². The summed E-state index contributed by atoms with van der Waals surface area (Å²) in [5.74, 6) is 0.860. The second-order valence-corrected chi connectivity index (χ2v) is 6.16. The zero-order chi connectivity index (χ0) is 13.1. The molecule has 1 saturated carbocycles. The van der Waals surface area contributed by atoms with Crippen LogP contribution in [0.5, 0.6) is 0 Å². The third-order valence-electron chi connectivity index (χ3n) is 4.64. The summed E-state index contributed by atoms with van der Waals surface area (Å²) in [5.41, 5.74) is 1.43. The Morgan fingerprint density at radius 3 is 2.68 bits per heavy atom. The van der Waals surface area contributed by atoms with Crippen LogP contribution in [0, 0.1) is 5.92 Å². The molecule has 104 valence electrons. The van der Waals surface area contributed by atoms with Crippen molar-refractivity contribution in [1.82, 2.24) is 10.2 Å². The van der Waals surface area contributed by atoms with Crippen molar-refractivity contribution in [1.29, 1.82) is 0 Å². The third-order valence-corrected chi connectivity index (χ3v) is 4.64. The van der Waals surface area contributed by atoms with E-state index >= 15 is 0 Å². The van der Waals surface area contributed by atoms with E-state index in [-0.39, 0.29) is 0 Å². The first kappa shape index (κ1) is 13.1. The number of rotatable bonds is 6. The summed E-state index contributed by atoms with van der Waals surface area (Å²) >= 11 is 0. The highest BCUT2D eigenvalue weighted by atomic mass is 15.2. The van der Waals surface area contributed by atoms with Crippen molar-refractivity contribution in [2.45, 2.75) is 44.7 Å². The highest BCUT2D eigenvalue weighted by molar-refractivity contribution is 5.18. The van der Waals surface area contributed by atoms with Gasteiger partial charge in [0.15, 0.2) is 0 Å². The molecule has 19 heavy (non-hydrogen) atoms. The fourth-order valence-corrected chi connectivity index (χ4v) is 3.29. The van der Waals surface area contributed by atoms with Gasteiger partial charge in [0.05, 0.1) is 0 Å². The summed E-state index contributed by atoms with van der Waals surface area (Å²) in [5, 5.41) is 3.78. The first-order chi connectivity index (χ1) is 9.36. The van der Waals surface area contributed by atoms with Crippen LogP contribution in [0.1, 0.15) is 44.2 Å². The summed E-state index contributed by atoms with van der Waals surface area (Å²) in [6.07, 6.45) is 5.45. The Kier molecular flexibility index (Phi) is 4.19. The van der Waals surface area contributed by atoms with Crippen LogP contribution in [-0.4, -0.2) is 30.6 Å². The summed E-state index contributed by atoms with van der Waals surface area (Å²) in [7, 11) is 0. The molecule has 2 nitrogen and oxygen atoms in total. The summed E-state index contributed by atoms with van der Waals surface area (Å²) in [6.45, 7) is 6.11. The molecule has 1 aromatic rings. The summed E-state index contributed by atoms with van der Waals surface area (Å²) in [6, 6.07) is 12.3. The van der Waals surface area contributed by atoms with Gasteiger partial charge >= 0.3 is 0 Å². The third kappa shape index (κ3) is 3.37. The number of nitrogens with zero attached hydrogens (tertiary/aromatic N) is 1. The van der Waals surface area contributed by atoms with Gasteiger partial charge in [-0.05, 0) is 50.3 Å². The average Bonchev–Trinajstić information content (AvgIpc) is 3.20. The topological polar surface area (TPSA) is 15.3 Å². The van der Waals surface area contributed by atoms with Gasteiger partial charge in [0, 0.05) is 18.6 Å². The fraction of sp³-hybridized carbons (Fsp3) is 0.647. The standard InChI is InChI=1S/C17H26N2/c1-2-17(15-6-4-3-5-7-15)18-12-14-10-11-19(13-14)16-8-9-16/h3-7,14,16-18H,2,8-13H2,1H3. The molecule has 2 atom stereocenters. The van der Waals surface area contributed by atoms with Gasteiger partial charge in [-0.2, -0.15) is 0 Å². The molecule has 0 radical (unpaired) electrons. The van der Waals surface area contributed by atoms with Crippen LogP contribution in [0.3, 0.4) is 0 Å². The van der Waals surface area contributed by atoms with Crippen molar-refractivity contribution in [3.63, 3.8) is 0 Å². The van der Waals surface area contributed by atoms with Crippen molar-refractivity contribution in [3.05, 3.63) is 35.9 Å². The maximum absolute atomic E-state index is 3.78. The number of benzene rings is 1. The normalized spacial score (nSPS) is 25.6. The predicted molar refractivity (Wildman–Crippen MR) is 80.2 cm³/mol. The zero-order valence-corrected chi connectivity index (χ0v) is 12.0. The molecule has 0 bridgehead atoms.